The molecular formula is C26H34N2O4. The average molecular weight is 439 g/mol. The molecule has 2 aromatic rings. The summed E-state index contributed by atoms with van der Waals surface area (Å²) in [6, 6.07) is 12.9. The number of nitriles is 1. The maximum Gasteiger partial charge on any atom is 0.161 e. The molecule has 0 fully saturated rings. The van der Waals surface area contributed by atoms with E-state index in [0.29, 0.717) is 17.5 Å². The quantitative estimate of drug-likeness (QED) is 0.564. The lowest BCUT2D eigenvalue weighted by atomic mass is 9.78. The van der Waals surface area contributed by atoms with Crippen molar-refractivity contribution >= 4 is 0 Å². The second-order valence-electron chi connectivity index (χ2n) is 8.65. The Morgan fingerprint density at radius 2 is 1.53 bits per heavy atom. The highest BCUT2D eigenvalue weighted by Crippen LogP contribution is 2.38. The lowest BCUT2D eigenvalue weighted by Crippen LogP contribution is -2.37. The lowest BCUT2D eigenvalue weighted by Gasteiger charge is -2.35. The molecule has 2 atom stereocenters. The molecule has 3 rings (SSSR count). The first-order chi connectivity index (χ1) is 15.4. The summed E-state index contributed by atoms with van der Waals surface area (Å²) >= 11 is 0. The average Bonchev–Trinajstić information content (AvgIpc) is 2.82. The summed E-state index contributed by atoms with van der Waals surface area (Å²) in [6.45, 7) is 2.89. The van der Waals surface area contributed by atoms with Crippen molar-refractivity contribution in [1.29, 1.82) is 5.26 Å². The molecule has 2 aromatic carbocycles. The molecule has 1 heterocycles. The Kier molecular flexibility index (Phi) is 7.52. The van der Waals surface area contributed by atoms with Crippen LogP contribution in [0.2, 0.25) is 0 Å². The topological polar surface area (TPSA) is 64.0 Å². The van der Waals surface area contributed by atoms with Gasteiger partial charge in [0, 0.05) is 12.6 Å². The van der Waals surface area contributed by atoms with E-state index in [1.807, 2.05) is 25.1 Å². The molecular weight excluding hydrogens is 404 g/mol. The molecule has 172 valence electrons. The van der Waals surface area contributed by atoms with Gasteiger partial charge in [0.05, 0.1) is 39.9 Å². The summed E-state index contributed by atoms with van der Waals surface area (Å²) in [5, 5.41) is 10.00. The molecule has 6 nitrogen and oxygen atoms in total. The van der Waals surface area contributed by atoms with E-state index in [9.17, 15) is 5.26 Å². The van der Waals surface area contributed by atoms with E-state index in [4.69, 9.17) is 18.9 Å². The standard InChI is InChI=1S/C26H34N2O4/c1-26(17-27,20-9-10-22(29-3)25(15-20)32-6)11-7-8-21-12-18-13-23(30-4)24(31-5)14-19(18)16-28(21)2/h9-10,13-15,21H,7-8,11-12,16H2,1-6H3. The first-order valence-electron chi connectivity index (χ1n) is 11.0. The van der Waals surface area contributed by atoms with Crippen LogP contribution in [0.25, 0.3) is 0 Å². The number of hydrogen-bond acceptors (Lipinski definition) is 6. The Balaban J connectivity index is 1.69. The van der Waals surface area contributed by atoms with Crippen molar-refractivity contribution in [2.24, 2.45) is 0 Å². The van der Waals surface area contributed by atoms with Gasteiger partial charge in [0.1, 0.15) is 0 Å². The third-order valence-electron chi connectivity index (χ3n) is 6.69. The van der Waals surface area contributed by atoms with Crippen molar-refractivity contribution < 1.29 is 18.9 Å². The van der Waals surface area contributed by atoms with Crippen molar-refractivity contribution in [3.05, 3.63) is 47.0 Å². The normalized spacial score (nSPS) is 17.6. The van der Waals surface area contributed by atoms with Crippen LogP contribution >= 0.6 is 0 Å². The van der Waals surface area contributed by atoms with E-state index >= 15 is 0 Å². The van der Waals surface area contributed by atoms with Crippen LogP contribution in [0.3, 0.4) is 0 Å². The molecule has 6 heteroatoms. The Bertz CT molecular complexity index is 985. The van der Waals surface area contributed by atoms with E-state index in [1.165, 1.54) is 11.1 Å². The van der Waals surface area contributed by atoms with Crippen LogP contribution in [0.1, 0.15) is 42.9 Å². The fourth-order valence-electron chi connectivity index (χ4n) is 4.57. The highest BCUT2D eigenvalue weighted by molar-refractivity contribution is 5.49. The van der Waals surface area contributed by atoms with Crippen LogP contribution in [-0.4, -0.2) is 46.4 Å². The van der Waals surface area contributed by atoms with Gasteiger partial charge in [-0.05, 0) is 80.6 Å². The van der Waals surface area contributed by atoms with E-state index < -0.39 is 5.41 Å². The molecule has 0 bridgehead atoms. The van der Waals surface area contributed by atoms with Crippen LogP contribution < -0.4 is 18.9 Å². The van der Waals surface area contributed by atoms with E-state index in [-0.39, 0.29) is 0 Å². The van der Waals surface area contributed by atoms with Crippen LogP contribution in [0.15, 0.2) is 30.3 Å². The summed E-state index contributed by atoms with van der Waals surface area (Å²) in [5.41, 5.74) is 2.97. The fraction of sp³-hybridized carbons (Fsp3) is 0.500. The van der Waals surface area contributed by atoms with Gasteiger partial charge in [-0.2, -0.15) is 5.26 Å². The lowest BCUT2D eigenvalue weighted by molar-refractivity contribution is 0.198. The fourth-order valence-corrected chi connectivity index (χ4v) is 4.57. The number of benzene rings is 2. The number of rotatable bonds is 9. The second-order valence-corrected chi connectivity index (χ2v) is 8.65. The Morgan fingerprint density at radius 1 is 0.938 bits per heavy atom. The minimum Gasteiger partial charge on any atom is -0.493 e. The highest BCUT2D eigenvalue weighted by Gasteiger charge is 2.30. The van der Waals surface area contributed by atoms with Gasteiger partial charge in [0.15, 0.2) is 23.0 Å². The summed E-state index contributed by atoms with van der Waals surface area (Å²) in [5.74, 6) is 2.88. The molecule has 0 saturated heterocycles. The SMILES string of the molecule is COc1ccc(C(C)(C#N)CCCC2Cc3cc(OC)c(OC)cc3CN2C)cc1OC. The number of hydrogen-bond donors (Lipinski definition) is 0. The second kappa shape index (κ2) is 10.1. The van der Waals surface area contributed by atoms with E-state index in [1.54, 1.807) is 28.4 Å². The summed E-state index contributed by atoms with van der Waals surface area (Å²) in [6.07, 6.45) is 3.72. The Morgan fingerprint density at radius 3 is 2.12 bits per heavy atom. The molecule has 0 amide bonds. The third kappa shape index (κ3) is 4.78. The first-order valence-corrected chi connectivity index (χ1v) is 11.0. The molecule has 1 aliphatic rings. The molecule has 2 unspecified atom stereocenters. The Hall–Kier alpha value is -2.91. The van der Waals surface area contributed by atoms with Gasteiger partial charge in [0.2, 0.25) is 0 Å². The predicted octanol–water partition coefficient (Wildman–Crippen LogP) is 4.73. The molecule has 0 radical (unpaired) electrons. The highest BCUT2D eigenvalue weighted by atomic mass is 16.5. The maximum atomic E-state index is 10.00. The van der Waals surface area contributed by atoms with Crippen LogP contribution in [0, 0.1) is 11.3 Å². The summed E-state index contributed by atoms with van der Waals surface area (Å²) in [4.78, 5) is 2.40. The van der Waals surface area contributed by atoms with Gasteiger partial charge >= 0.3 is 0 Å². The van der Waals surface area contributed by atoms with Crippen LogP contribution in [-0.2, 0) is 18.4 Å². The van der Waals surface area contributed by atoms with Crippen LogP contribution in [0.5, 0.6) is 23.0 Å². The maximum absolute atomic E-state index is 10.00. The summed E-state index contributed by atoms with van der Waals surface area (Å²) < 4.78 is 21.7. The van der Waals surface area contributed by atoms with E-state index in [0.717, 1.165) is 49.3 Å². The minimum atomic E-state index is -0.582. The number of likely N-dealkylation sites (N-methyl/N-ethyl adjacent to an activating group) is 1. The molecule has 32 heavy (non-hydrogen) atoms. The molecule has 0 spiro atoms. The van der Waals surface area contributed by atoms with Crippen molar-refractivity contribution in [2.45, 2.75) is 50.6 Å². The van der Waals surface area contributed by atoms with Gasteiger partial charge in [-0.15, -0.1) is 0 Å². The van der Waals surface area contributed by atoms with Gasteiger partial charge in [0.25, 0.3) is 0 Å². The van der Waals surface area contributed by atoms with Crippen LogP contribution in [0.4, 0.5) is 0 Å². The monoisotopic (exact) mass is 438 g/mol. The van der Waals surface area contributed by atoms with Crippen molar-refractivity contribution in [1.82, 2.24) is 4.90 Å². The number of ether oxygens (including phenoxy) is 4. The molecule has 0 aromatic heterocycles. The van der Waals surface area contributed by atoms with E-state index in [2.05, 4.69) is 30.1 Å². The zero-order valence-corrected chi connectivity index (χ0v) is 20.0. The Labute approximate surface area is 191 Å². The predicted molar refractivity (Wildman–Crippen MR) is 125 cm³/mol. The number of nitrogens with zero attached hydrogens (tertiary/aromatic N) is 2. The van der Waals surface area contributed by atoms with Gasteiger partial charge in [-0.25, -0.2) is 0 Å². The van der Waals surface area contributed by atoms with Crippen molar-refractivity contribution in [3.63, 3.8) is 0 Å². The smallest absolute Gasteiger partial charge is 0.161 e. The minimum absolute atomic E-state index is 0.425. The van der Waals surface area contributed by atoms with Gasteiger partial charge in [-0.1, -0.05) is 6.07 Å². The van der Waals surface area contributed by atoms with Crippen molar-refractivity contribution in [3.8, 4) is 29.1 Å². The first kappa shape index (κ1) is 23.7. The molecule has 0 saturated carbocycles. The van der Waals surface area contributed by atoms with Gasteiger partial charge in [-0.3, -0.25) is 4.90 Å². The summed E-state index contributed by atoms with van der Waals surface area (Å²) in [7, 11) is 8.75. The van der Waals surface area contributed by atoms with Crippen molar-refractivity contribution in [2.75, 3.05) is 35.5 Å². The number of methoxy groups -OCH3 is 4. The number of fused-ring (bicyclic) bond motifs is 1. The molecule has 0 aliphatic carbocycles. The largest absolute Gasteiger partial charge is 0.493 e. The molecule has 0 N–H and O–H groups in total. The molecule has 1 aliphatic heterocycles. The third-order valence-corrected chi connectivity index (χ3v) is 6.69. The zero-order valence-electron chi connectivity index (χ0n) is 20.0. The zero-order chi connectivity index (χ0) is 23.3. The van der Waals surface area contributed by atoms with Gasteiger partial charge < -0.3 is 18.9 Å².